The first-order valence-electron chi connectivity index (χ1n) is 8.75. The molecule has 0 saturated carbocycles. The van der Waals surface area contributed by atoms with Gasteiger partial charge in [-0.25, -0.2) is 4.98 Å². The van der Waals surface area contributed by atoms with Crippen LogP contribution < -0.4 is 15.5 Å². The molecule has 6 nitrogen and oxygen atoms in total. The molecule has 1 aromatic carbocycles. The number of hydrogen-bond acceptors (Lipinski definition) is 3. The second kappa shape index (κ2) is 8.89. The molecule has 1 aromatic heterocycles. The first-order chi connectivity index (χ1) is 12.2. The van der Waals surface area contributed by atoms with Crippen molar-refractivity contribution in [2.24, 2.45) is 4.99 Å². The van der Waals surface area contributed by atoms with E-state index in [9.17, 15) is 0 Å². The van der Waals surface area contributed by atoms with Crippen LogP contribution in [-0.2, 0) is 6.54 Å². The average Bonchev–Trinajstić information content (AvgIpc) is 3.28. The Bertz CT molecular complexity index is 667. The third kappa shape index (κ3) is 5.22. The fourth-order valence-corrected chi connectivity index (χ4v) is 3.24. The second-order valence-corrected chi connectivity index (χ2v) is 7.03. The average molecular weight is 405 g/mol. The number of nitrogens with one attached hydrogen (secondary N) is 2. The molecule has 0 aliphatic carbocycles. The summed E-state index contributed by atoms with van der Waals surface area (Å²) in [5.41, 5.74) is 1.27. The Kier molecular flexibility index (Phi) is 6.33. The van der Waals surface area contributed by atoms with Crippen molar-refractivity contribution >= 4 is 27.6 Å². The van der Waals surface area contributed by atoms with Crippen LogP contribution >= 0.6 is 15.9 Å². The number of aromatic nitrogens is 2. The van der Waals surface area contributed by atoms with Gasteiger partial charge in [0.05, 0.1) is 12.9 Å². The van der Waals surface area contributed by atoms with Crippen LogP contribution in [0.25, 0.3) is 0 Å². The summed E-state index contributed by atoms with van der Waals surface area (Å²) in [4.78, 5) is 11.2. The number of nitrogens with zero attached hydrogens (tertiary/aromatic N) is 4. The Morgan fingerprint density at radius 3 is 2.92 bits per heavy atom. The number of anilines is 1. The number of hydrogen-bond donors (Lipinski definition) is 2. The summed E-state index contributed by atoms with van der Waals surface area (Å²) in [6.07, 6.45) is 6.69. The van der Waals surface area contributed by atoms with E-state index in [1.165, 1.54) is 5.69 Å². The van der Waals surface area contributed by atoms with E-state index in [0.717, 1.165) is 49.6 Å². The molecule has 2 heterocycles. The van der Waals surface area contributed by atoms with Crippen LogP contribution in [0.15, 0.2) is 52.5 Å². The van der Waals surface area contributed by atoms with E-state index >= 15 is 0 Å². The molecule has 1 saturated heterocycles. The van der Waals surface area contributed by atoms with Gasteiger partial charge < -0.3 is 20.1 Å². The van der Waals surface area contributed by atoms with Gasteiger partial charge in [0.2, 0.25) is 0 Å². The first kappa shape index (κ1) is 17.8. The Hall–Kier alpha value is -2.02. The van der Waals surface area contributed by atoms with E-state index in [4.69, 9.17) is 0 Å². The smallest absolute Gasteiger partial charge is 0.191 e. The molecule has 0 radical (unpaired) electrons. The Balaban J connectivity index is 1.52. The molecule has 25 heavy (non-hydrogen) atoms. The lowest BCUT2D eigenvalue weighted by atomic mass is 10.3. The van der Waals surface area contributed by atoms with Crippen molar-refractivity contribution in [2.75, 3.05) is 31.1 Å². The maximum atomic E-state index is 4.68. The molecular formula is C18H25BrN6. The standard InChI is InChI=1S/C18H25BrN6/c1-2-21-18(22-9-12-24-11-8-20-14-24)23-16-7-10-25(13-16)17-5-3-15(19)4-6-17/h3-6,8,11,14,16H,2,7,9-10,12-13H2,1H3,(H2,21,22,23). The molecule has 0 spiro atoms. The largest absolute Gasteiger partial charge is 0.369 e. The molecule has 1 fully saturated rings. The summed E-state index contributed by atoms with van der Waals surface area (Å²) in [5.74, 6) is 0.894. The normalized spacial score (nSPS) is 17.8. The minimum Gasteiger partial charge on any atom is -0.369 e. The van der Waals surface area contributed by atoms with E-state index < -0.39 is 0 Å². The fraction of sp³-hybridized carbons (Fsp3) is 0.444. The highest BCUT2D eigenvalue weighted by Gasteiger charge is 2.23. The number of guanidine groups is 1. The zero-order valence-corrected chi connectivity index (χ0v) is 16.1. The molecule has 0 bridgehead atoms. The molecule has 1 unspecified atom stereocenters. The monoisotopic (exact) mass is 404 g/mol. The molecule has 2 N–H and O–H groups in total. The number of aliphatic imine (C=N–C) groups is 1. The van der Waals surface area contributed by atoms with Crippen molar-refractivity contribution in [3.8, 4) is 0 Å². The number of halogens is 1. The number of rotatable bonds is 6. The van der Waals surface area contributed by atoms with Gasteiger partial charge in [-0.2, -0.15) is 0 Å². The van der Waals surface area contributed by atoms with Gasteiger partial charge in [0.15, 0.2) is 5.96 Å². The van der Waals surface area contributed by atoms with Gasteiger partial charge >= 0.3 is 0 Å². The molecular weight excluding hydrogens is 380 g/mol. The van der Waals surface area contributed by atoms with Gasteiger partial charge in [-0.1, -0.05) is 15.9 Å². The van der Waals surface area contributed by atoms with Gasteiger partial charge in [0.1, 0.15) is 0 Å². The third-order valence-corrected chi connectivity index (χ3v) is 4.78. The van der Waals surface area contributed by atoms with E-state index in [2.05, 4.69) is 72.6 Å². The highest BCUT2D eigenvalue weighted by Crippen LogP contribution is 2.22. The highest BCUT2D eigenvalue weighted by atomic mass is 79.9. The lowest BCUT2D eigenvalue weighted by Gasteiger charge is -2.20. The van der Waals surface area contributed by atoms with Crippen LogP contribution in [0, 0.1) is 0 Å². The lowest BCUT2D eigenvalue weighted by molar-refractivity contribution is 0.642. The summed E-state index contributed by atoms with van der Waals surface area (Å²) < 4.78 is 3.15. The summed E-state index contributed by atoms with van der Waals surface area (Å²) in [6, 6.07) is 8.93. The van der Waals surface area contributed by atoms with Crippen molar-refractivity contribution in [1.29, 1.82) is 0 Å². The minimum atomic E-state index is 0.412. The molecule has 1 aliphatic rings. The Labute approximate surface area is 157 Å². The molecule has 134 valence electrons. The van der Waals surface area contributed by atoms with Crippen molar-refractivity contribution in [3.05, 3.63) is 47.5 Å². The fourth-order valence-electron chi connectivity index (χ4n) is 2.97. The predicted molar refractivity (Wildman–Crippen MR) is 106 cm³/mol. The van der Waals surface area contributed by atoms with Crippen LogP contribution in [0.2, 0.25) is 0 Å². The third-order valence-electron chi connectivity index (χ3n) is 4.25. The van der Waals surface area contributed by atoms with E-state index in [0.29, 0.717) is 6.04 Å². The van der Waals surface area contributed by atoms with Crippen LogP contribution in [0.3, 0.4) is 0 Å². The zero-order valence-electron chi connectivity index (χ0n) is 14.5. The summed E-state index contributed by atoms with van der Waals surface area (Å²) >= 11 is 3.49. The summed E-state index contributed by atoms with van der Waals surface area (Å²) in [5, 5.41) is 6.91. The molecule has 1 atom stereocenters. The predicted octanol–water partition coefficient (Wildman–Crippen LogP) is 2.48. The maximum absolute atomic E-state index is 4.68. The van der Waals surface area contributed by atoms with Gasteiger partial charge in [-0.15, -0.1) is 0 Å². The van der Waals surface area contributed by atoms with Crippen molar-refractivity contribution in [3.63, 3.8) is 0 Å². The number of imidazole rings is 1. The van der Waals surface area contributed by atoms with E-state index in [-0.39, 0.29) is 0 Å². The van der Waals surface area contributed by atoms with Gasteiger partial charge in [-0.3, -0.25) is 4.99 Å². The van der Waals surface area contributed by atoms with Crippen molar-refractivity contribution in [2.45, 2.75) is 25.9 Å². The Morgan fingerprint density at radius 1 is 1.36 bits per heavy atom. The van der Waals surface area contributed by atoms with Crippen molar-refractivity contribution < 1.29 is 0 Å². The van der Waals surface area contributed by atoms with Gasteiger partial charge in [0, 0.05) is 54.8 Å². The van der Waals surface area contributed by atoms with E-state index in [1.807, 2.05) is 17.1 Å². The zero-order chi connectivity index (χ0) is 17.5. The summed E-state index contributed by atoms with van der Waals surface area (Å²) in [6.45, 7) is 6.58. The summed E-state index contributed by atoms with van der Waals surface area (Å²) in [7, 11) is 0. The van der Waals surface area contributed by atoms with Gasteiger partial charge in [0.25, 0.3) is 0 Å². The SMILES string of the molecule is CCNC(=NCCn1ccnc1)NC1CCN(c2ccc(Br)cc2)C1. The Morgan fingerprint density at radius 2 is 2.20 bits per heavy atom. The molecule has 7 heteroatoms. The maximum Gasteiger partial charge on any atom is 0.191 e. The van der Waals surface area contributed by atoms with Crippen LogP contribution in [-0.4, -0.2) is 47.7 Å². The topological polar surface area (TPSA) is 57.5 Å². The van der Waals surface area contributed by atoms with Gasteiger partial charge in [-0.05, 0) is 37.6 Å². The molecule has 2 aromatic rings. The molecule has 3 rings (SSSR count). The molecule has 1 aliphatic heterocycles. The van der Waals surface area contributed by atoms with Crippen LogP contribution in [0.5, 0.6) is 0 Å². The minimum absolute atomic E-state index is 0.412. The second-order valence-electron chi connectivity index (χ2n) is 6.11. The van der Waals surface area contributed by atoms with Crippen LogP contribution in [0.4, 0.5) is 5.69 Å². The lowest BCUT2D eigenvalue weighted by Crippen LogP contribution is -2.44. The highest BCUT2D eigenvalue weighted by molar-refractivity contribution is 9.10. The van der Waals surface area contributed by atoms with E-state index in [1.54, 1.807) is 6.20 Å². The number of benzene rings is 1. The quantitative estimate of drug-likeness (QED) is 0.573. The van der Waals surface area contributed by atoms with Crippen LogP contribution in [0.1, 0.15) is 13.3 Å². The molecule has 0 amide bonds. The first-order valence-corrected chi connectivity index (χ1v) is 9.55. The van der Waals surface area contributed by atoms with Crippen molar-refractivity contribution in [1.82, 2.24) is 20.2 Å².